The Bertz CT molecular complexity index is 770. The Morgan fingerprint density at radius 3 is 0.722 bits per heavy atom. The summed E-state index contributed by atoms with van der Waals surface area (Å²) in [7, 11) is 0. The summed E-state index contributed by atoms with van der Waals surface area (Å²) in [6, 6.07) is 32.6. The Hall–Kier alpha value is -0.743. The molecule has 0 aliphatic heterocycles. The van der Waals surface area contributed by atoms with Crippen molar-refractivity contribution in [1.29, 1.82) is 0 Å². The molecule has 0 spiro atoms. The number of rotatable bonds is 9. The molecule has 0 bridgehead atoms. The minimum atomic E-state index is 0.782. The van der Waals surface area contributed by atoms with Crippen LogP contribution in [0.2, 0.25) is 15.8 Å². The molecule has 0 aliphatic carbocycles. The Kier molecular flexibility index (Phi) is 17.9. The lowest BCUT2D eigenvalue weighted by atomic mass is 9.90. The van der Waals surface area contributed by atoms with Crippen molar-refractivity contribution < 1.29 is 0 Å². The molecule has 0 aromatic heterocycles. The standard InChI is InChI=1S/3C11H15.3Al.6H/c3*1-9(2)10(3)11-7-5-4-6-8-11;;;;;;;;;/h3*4-10H,3H2,1-2H3;;;;;;;;;. The third-order valence-corrected chi connectivity index (χ3v) is 10.1. The van der Waals surface area contributed by atoms with Gasteiger partial charge in [0.05, 0.1) is 0 Å². The maximum absolute atomic E-state index is 2.32. The van der Waals surface area contributed by atoms with Gasteiger partial charge in [-0.05, 0) is 52.2 Å². The van der Waals surface area contributed by atoms with Crippen LogP contribution < -0.4 is 0 Å². The molecule has 0 nitrogen and oxygen atoms in total. The first-order valence-electron chi connectivity index (χ1n) is 14.4. The van der Waals surface area contributed by atoms with Crippen molar-refractivity contribution >= 4 is 48.9 Å². The van der Waals surface area contributed by atoms with E-state index in [4.69, 9.17) is 0 Å². The predicted molar refractivity (Wildman–Crippen MR) is 172 cm³/mol. The van der Waals surface area contributed by atoms with Gasteiger partial charge < -0.3 is 0 Å². The van der Waals surface area contributed by atoms with Crippen LogP contribution in [0.25, 0.3) is 0 Å². The summed E-state index contributed by atoms with van der Waals surface area (Å²) in [5, 5.41) is 4.13. The van der Waals surface area contributed by atoms with Crippen molar-refractivity contribution in [1.82, 2.24) is 0 Å². The van der Waals surface area contributed by atoms with Gasteiger partial charge in [0.15, 0.2) is 0 Å². The predicted octanol–water partition coefficient (Wildman–Crippen LogP) is 7.43. The first-order valence-corrected chi connectivity index (χ1v) is 18.7. The van der Waals surface area contributed by atoms with Crippen LogP contribution in [0, 0.1) is 17.8 Å². The van der Waals surface area contributed by atoms with E-state index >= 15 is 0 Å². The van der Waals surface area contributed by atoms with Crippen LogP contribution >= 0.6 is 0 Å². The van der Waals surface area contributed by atoms with Gasteiger partial charge in [-0.15, -0.1) is 0 Å². The molecule has 0 fully saturated rings. The first kappa shape index (κ1) is 33.3. The third-order valence-electron chi connectivity index (χ3n) is 7.42. The highest BCUT2D eigenvalue weighted by atomic mass is 27.1. The zero-order chi connectivity index (χ0) is 26.9. The van der Waals surface area contributed by atoms with E-state index in [1.807, 2.05) is 0 Å². The second-order valence-electron chi connectivity index (χ2n) is 11.0. The molecule has 0 aliphatic rings. The molecule has 0 saturated heterocycles. The van der Waals surface area contributed by atoms with Crippen LogP contribution in [0.3, 0.4) is 0 Å². The molecule has 3 aromatic carbocycles. The zero-order valence-electron chi connectivity index (χ0n) is 24.7. The molecule has 0 amide bonds. The van der Waals surface area contributed by atoms with E-state index in [0.29, 0.717) is 0 Å². The maximum Gasteiger partial charge on any atom is 0.212 e. The maximum atomic E-state index is 2.32. The molecule has 0 heterocycles. The van der Waals surface area contributed by atoms with Crippen molar-refractivity contribution in [3.05, 3.63) is 108 Å². The van der Waals surface area contributed by atoms with E-state index in [-0.39, 0.29) is 0 Å². The Balaban J connectivity index is 0.000000270. The van der Waals surface area contributed by atoms with Gasteiger partial charge >= 0.3 is 0 Å². The van der Waals surface area contributed by atoms with Crippen LogP contribution in [0.4, 0.5) is 0 Å². The van der Waals surface area contributed by atoms with Gasteiger partial charge in [-0.3, -0.25) is 0 Å². The summed E-state index contributed by atoms with van der Waals surface area (Å²) in [4.78, 5) is 0. The Morgan fingerprint density at radius 1 is 0.389 bits per heavy atom. The van der Waals surface area contributed by atoms with Gasteiger partial charge in [0.25, 0.3) is 0 Å². The number of benzene rings is 3. The minimum Gasteiger partial charge on any atom is -0.0944 e. The SMILES string of the molecule is CC(C)C([CH2][AlH2])c1ccccc1.CC(C)C([CH2][AlH2])c1ccccc1.CC(C)C([CH2][AlH2])c1ccccc1. The van der Waals surface area contributed by atoms with E-state index in [1.165, 1.54) is 81.4 Å². The molecule has 3 rings (SSSR count). The molecular weight excluding hydrogens is 477 g/mol. The minimum absolute atomic E-state index is 0.782. The van der Waals surface area contributed by atoms with Gasteiger partial charge in [0.2, 0.25) is 48.9 Å². The zero-order valence-corrected chi connectivity index (χ0v) is 30.7. The molecule has 0 N–H and O–H groups in total. The highest BCUT2D eigenvalue weighted by molar-refractivity contribution is 6.09. The van der Waals surface area contributed by atoms with E-state index < -0.39 is 0 Å². The Labute approximate surface area is 248 Å². The highest BCUT2D eigenvalue weighted by Crippen LogP contribution is 2.28. The van der Waals surface area contributed by atoms with E-state index in [9.17, 15) is 0 Å². The summed E-state index contributed by atoms with van der Waals surface area (Å²) in [6.07, 6.45) is 0. The molecule has 0 saturated carbocycles. The van der Waals surface area contributed by atoms with Crippen molar-refractivity contribution in [2.24, 2.45) is 17.8 Å². The summed E-state index contributed by atoms with van der Waals surface area (Å²) in [5.41, 5.74) is 4.55. The fourth-order valence-corrected chi connectivity index (χ4v) is 9.62. The lowest BCUT2D eigenvalue weighted by Crippen LogP contribution is -2.05. The fourth-order valence-electron chi connectivity index (χ4n) is 5.38. The fraction of sp³-hybridized carbons (Fsp3) is 0.455. The quantitative estimate of drug-likeness (QED) is 0.253. The van der Waals surface area contributed by atoms with Crippen LogP contribution in [0.1, 0.15) is 76.0 Å². The molecule has 36 heavy (non-hydrogen) atoms. The van der Waals surface area contributed by atoms with Crippen LogP contribution in [0.5, 0.6) is 0 Å². The summed E-state index contributed by atoms with van der Waals surface area (Å²) < 4.78 is 0. The lowest BCUT2D eigenvalue weighted by molar-refractivity contribution is 0.535. The van der Waals surface area contributed by atoms with Crippen LogP contribution in [-0.4, -0.2) is 48.9 Å². The highest BCUT2D eigenvalue weighted by Gasteiger charge is 2.13. The summed E-state index contributed by atoms with van der Waals surface area (Å²) in [6.45, 7) is 13.9. The summed E-state index contributed by atoms with van der Waals surface area (Å²) >= 11 is 3.91. The molecule has 3 atom stereocenters. The van der Waals surface area contributed by atoms with E-state index in [2.05, 4.69) is 133 Å². The van der Waals surface area contributed by atoms with Crippen LogP contribution in [0.15, 0.2) is 91.0 Å². The molecule has 3 heteroatoms. The van der Waals surface area contributed by atoms with Crippen molar-refractivity contribution in [2.45, 2.75) is 75.1 Å². The lowest BCUT2D eigenvalue weighted by Gasteiger charge is -2.19. The topological polar surface area (TPSA) is 0 Å². The Morgan fingerprint density at radius 2 is 0.583 bits per heavy atom. The first-order chi connectivity index (χ1) is 17.3. The largest absolute Gasteiger partial charge is 0.212 e. The normalized spacial score (nSPS) is 13.2. The average molecular weight is 529 g/mol. The van der Waals surface area contributed by atoms with Crippen LogP contribution in [-0.2, 0) is 0 Å². The molecule has 3 unspecified atom stereocenters. The van der Waals surface area contributed by atoms with E-state index in [0.717, 1.165) is 35.5 Å². The average Bonchev–Trinajstić information content (AvgIpc) is 2.87. The number of hydrogen-bond donors (Lipinski definition) is 0. The van der Waals surface area contributed by atoms with Gasteiger partial charge in [-0.2, -0.15) is 0 Å². The molecular formula is C33H51Al3. The van der Waals surface area contributed by atoms with Crippen molar-refractivity contribution in [2.75, 3.05) is 0 Å². The smallest absolute Gasteiger partial charge is 0.0944 e. The van der Waals surface area contributed by atoms with Gasteiger partial charge in [-0.1, -0.05) is 148 Å². The van der Waals surface area contributed by atoms with Crippen molar-refractivity contribution in [3.8, 4) is 0 Å². The molecule has 0 radical (unpaired) electrons. The second kappa shape index (κ2) is 19.3. The van der Waals surface area contributed by atoms with E-state index in [1.54, 1.807) is 0 Å². The van der Waals surface area contributed by atoms with Gasteiger partial charge in [-0.25, -0.2) is 0 Å². The van der Waals surface area contributed by atoms with Gasteiger partial charge in [0, 0.05) is 0 Å². The second-order valence-corrected chi connectivity index (χ2v) is 13.5. The number of hydrogen-bond acceptors (Lipinski definition) is 0. The molecule has 192 valence electrons. The third kappa shape index (κ3) is 12.2. The molecule has 3 aromatic rings. The van der Waals surface area contributed by atoms with Crippen molar-refractivity contribution in [3.63, 3.8) is 0 Å². The van der Waals surface area contributed by atoms with Gasteiger partial charge in [0.1, 0.15) is 0 Å². The monoisotopic (exact) mass is 528 g/mol. The summed E-state index contributed by atoms with van der Waals surface area (Å²) in [5.74, 6) is 4.72.